The van der Waals surface area contributed by atoms with Crippen LogP contribution >= 0.6 is 0 Å². The van der Waals surface area contributed by atoms with Crippen molar-refractivity contribution in [3.63, 3.8) is 0 Å². The van der Waals surface area contributed by atoms with Crippen molar-refractivity contribution in [1.29, 1.82) is 0 Å². The largest absolute Gasteiger partial charge is 0.356 e. The Balaban J connectivity index is 2.17. The average molecular weight is 264 g/mol. The van der Waals surface area contributed by atoms with Gasteiger partial charge in [-0.2, -0.15) is 0 Å². The molecule has 5 nitrogen and oxygen atoms in total. The van der Waals surface area contributed by atoms with Crippen LogP contribution in [0.2, 0.25) is 0 Å². The van der Waals surface area contributed by atoms with E-state index < -0.39 is 0 Å². The fourth-order valence-electron chi connectivity index (χ4n) is 2.69. The number of aromatic nitrogens is 2. The number of nitrogens with zero attached hydrogens (tertiary/aromatic N) is 2. The van der Waals surface area contributed by atoms with Crippen molar-refractivity contribution in [2.24, 2.45) is 5.92 Å². The van der Waals surface area contributed by atoms with Crippen LogP contribution in [0.25, 0.3) is 0 Å². The van der Waals surface area contributed by atoms with Gasteiger partial charge in [-0.3, -0.25) is 4.79 Å². The Hall–Kier alpha value is -1.36. The molecule has 1 fully saturated rings. The minimum Gasteiger partial charge on any atom is -0.356 e. The molecule has 2 atom stereocenters. The van der Waals surface area contributed by atoms with Crippen molar-refractivity contribution >= 4 is 5.82 Å². The summed E-state index contributed by atoms with van der Waals surface area (Å²) in [6.07, 6.45) is 3.15. The third kappa shape index (κ3) is 3.35. The van der Waals surface area contributed by atoms with Crippen LogP contribution in [0, 0.1) is 5.92 Å². The van der Waals surface area contributed by atoms with Crippen LogP contribution in [0.5, 0.6) is 0 Å². The molecule has 1 saturated heterocycles. The van der Waals surface area contributed by atoms with Gasteiger partial charge in [0.1, 0.15) is 11.6 Å². The van der Waals surface area contributed by atoms with E-state index >= 15 is 0 Å². The number of aryl methyl sites for hydroxylation is 1. The van der Waals surface area contributed by atoms with Crippen molar-refractivity contribution in [2.45, 2.75) is 39.2 Å². The van der Waals surface area contributed by atoms with Gasteiger partial charge in [0.25, 0.3) is 5.56 Å². The number of H-pyrrole nitrogens is 1. The molecular weight excluding hydrogens is 240 g/mol. The Morgan fingerprint density at radius 1 is 1.63 bits per heavy atom. The summed E-state index contributed by atoms with van der Waals surface area (Å²) < 4.78 is 0. The Kier molecular flexibility index (Phi) is 4.58. The first-order chi connectivity index (χ1) is 9.13. The molecule has 1 aliphatic rings. The summed E-state index contributed by atoms with van der Waals surface area (Å²) in [4.78, 5) is 21.2. The third-order valence-corrected chi connectivity index (χ3v) is 4.06. The van der Waals surface area contributed by atoms with Crippen molar-refractivity contribution in [2.75, 3.05) is 25.0 Å². The molecule has 19 heavy (non-hydrogen) atoms. The van der Waals surface area contributed by atoms with Gasteiger partial charge < -0.3 is 15.2 Å². The first kappa shape index (κ1) is 14.1. The average Bonchev–Trinajstić information content (AvgIpc) is 2.45. The summed E-state index contributed by atoms with van der Waals surface area (Å²) in [5.41, 5.74) is -0.0503. The molecule has 0 bridgehead atoms. The van der Waals surface area contributed by atoms with Gasteiger partial charge in [0.2, 0.25) is 0 Å². The summed E-state index contributed by atoms with van der Waals surface area (Å²) >= 11 is 0. The van der Waals surface area contributed by atoms with Crippen LogP contribution in [0.3, 0.4) is 0 Å². The molecule has 0 spiro atoms. The first-order valence-electron chi connectivity index (χ1n) is 7.16. The summed E-state index contributed by atoms with van der Waals surface area (Å²) in [6, 6.07) is 2.11. The maximum Gasteiger partial charge on any atom is 0.252 e. The quantitative estimate of drug-likeness (QED) is 0.856. The van der Waals surface area contributed by atoms with Gasteiger partial charge >= 0.3 is 0 Å². The molecule has 2 unspecified atom stereocenters. The highest BCUT2D eigenvalue weighted by molar-refractivity contribution is 5.38. The molecule has 5 heteroatoms. The number of anilines is 1. The van der Waals surface area contributed by atoms with Gasteiger partial charge in [0, 0.05) is 31.6 Å². The van der Waals surface area contributed by atoms with Gasteiger partial charge in [0.05, 0.1) is 0 Å². The van der Waals surface area contributed by atoms with Gasteiger partial charge in [-0.1, -0.05) is 6.92 Å². The molecule has 0 aliphatic carbocycles. The zero-order chi connectivity index (χ0) is 13.8. The van der Waals surface area contributed by atoms with Crippen molar-refractivity contribution in [3.05, 3.63) is 22.2 Å². The van der Waals surface area contributed by atoms with Crippen molar-refractivity contribution in [3.8, 4) is 0 Å². The zero-order valence-corrected chi connectivity index (χ0v) is 12.1. The molecule has 0 amide bonds. The van der Waals surface area contributed by atoms with E-state index in [0.717, 1.165) is 37.6 Å². The minimum atomic E-state index is -0.0503. The van der Waals surface area contributed by atoms with E-state index in [1.165, 1.54) is 6.42 Å². The highest BCUT2D eigenvalue weighted by atomic mass is 16.1. The maximum absolute atomic E-state index is 11.6. The minimum absolute atomic E-state index is 0.0503. The summed E-state index contributed by atoms with van der Waals surface area (Å²) in [6.45, 7) is 6.19. The Labute approximate surface area is 114 Å². The number of rotatable bonds is 4. The Morgan fingerprint density at radius 2 is 2.42 bits per heavy atom. The van der Waals surface area contributed by atoms with Crippen LogP contribution < -0.4 is 15.8 Å². The smallest absolute Gasteiger partial charge is 0.252 e. The highest BCUT2D eigenvalue weighted by Crippen LogP contribution is 2.23. The fourth-order valence-corrected chi connectivity index (χ4v) is 2.69. The predicted octanol–water partition coefficient (Wildman–Crippen LogP) is 1.16. The van der Waals surface area contributed by atoms with E-state index in [0.29, 0.717) is 12.0 Å². The molecule has 1 aromatic heterocycles. The van der Waals surface area contributed by atoms with Crippen LogP contribution in [-0.2, 0) is 6.42 Å². The normalized spacial score (nSPS) is 21.4. The number of aromatic amines is 1. The second-order valence-electron chi connectivity index (χ2n) is 5.33. The monoisotopic (exact) mass is 264 g/mol. The molecule has 0 aromatic carbocycles. The number of piperidine rings is 1. The number of nitrogens with one attached hydrogen (secondary N) is 2. The van der Waals surface area contributed by atoms with Crippen LogP contribution in [0.1, 0.15) is 32.5 Å². The first-order valence-corrected chi connectivity index (χ1v) is 7.16. The highest BCUT2D eigenvalue weighted by Gasteiger charge is 2.24. The maximum atomic E-state index is 11.6. The lowest BCUT2D eigenvalue weighted by Crippen LogP contribution is -2.44. The molecular formula is C14H24N4O. The second-order valence-corrected chi connectivity index (χ2v) is 5.33. The molecule has 2 N–H and O–H groups in total. The van der Waals surface area contributed by atoms with Gasteiger partial charge in [-0.25, -0.2) is 4.98 Å². The standard InChI is InChI=1S/C14H24N4O/c1-4-12-16-13(8-14(19)17-12)18-7-5-6-11(9-18)10(2)15-3/h8,10-11,15H,4-7,9H2,1-3H3,(H,16,17,19). The SMILES string of the molecule is CCc1nc(N2CCCC(C(C)NC)C2)cc(=O)[nH]1. The van der Waals surface area contributed by atoms with Crippen molar-refractivity contribution < 1.29 is 0 Å². The lowest BCUT2D eigenvalue weighted by molar-refractivity contribution is 0.332. The lowest BCUT2D eigenvalue weighted by atomic mass is 9.92. The molecule has 106 valence electrons. The molecule has 0 radical (unpaired) electrons. The topological polar surface area (TPSA) is 61.0 Å². The lowest BCUT2D eigenvalue weighted by Gasteiger charge is -2.36. The van der Waals surface area contributed by atoms with E-state index in [1.807, 2.05) is 14.0 Å². The van der Waals surface area contributed by atoms with E-state index in [4.69, 9.17) is 0 Å². The third-order valence-electron chi connectivity index (χ3n) is 4.06. The predicted molar refractivity (Wildman–Crippen MR) is 77.7 cm³/mol. The fraction of sp³-hybridized carbons (Fsp3) is 0.714. The zero-order valence-electron chi connectivity index (χ0n) is 12.1. The molecule has 0 saturated carbocycles. The van der Waals surface area contributed by atoms with E-state index in [1.54, 1.807) is 6.07 Å². The van der Waals surface area contributed by atoms with Crippen LogP contribution in [0.15, 0.2) is 10.9 Å². The molecule has 2 rings (SSSR count). The van der Waals surface area contributed by atoms with Gasteiger partial charge in [0.15, 0.2) is 0 Å². The summed E-state index contributed by atoms with van der Waals surface area (Å²) in [5, 5.41) is 3.33. The molecule has 2 heterocycles. The summed E-state index contributed by atoms with van der Waals surface area (Å²) in [7, 11) is 2.00. The van der Waals surface area contributed by atoms with E-state index in [-0.39, 0.29) is 5.56 Å². The van der Waals surface area contributed by atoms with Crippen LogP contribution in [0.4, 0.5) is 5.82 Å². The molecule has 1 aromatic rings. The van der Waals surface area contributed by atoms with Gasteiger partial charge in [-0.05, 0) is 32.7 Å². The number of hydrogen-bond acceptors (Lipinski definition) is 4. The van der Waals surface area contributed by atoms with Gasteiger partial charge in [-0.15, -0.1) is 0 Å². The summed E-state index contributed by atoms with van der Waals surface area (Å²) in [5.74, 6) is 2.21. The Morgan fingerprint density at radius 3 is 3.11 bits per heavy atom. The number of hydrogen-bond donors (Lipinski definition) is 2. The second kappa shape index (κ2) is 6.19. The van der Waals surface area contributed by atoms with Crippen LogP contribution in [-0.4, -0.2) is 36.1 Å². The van der Waals surface area contributed by atoms with Crippen molar-refractivity contribution in [1.82, 2.24) is 15.3 Å². The van der Waals surface area contributed by atoms with E-state index in [2.05, 4.69) is 27.1 Å². The van der Waals surface area contributed by atoms with E-state index in [9.17, 15) is 4.79 Å². The molecule has 1 aliphatic heterocycles. The Bertz CT molecular complexity index is 471.